The van der Waals surface area contributed by atoms with E-state index in [2.05, 4.69) is 10.3 Å². The minimum atomic E-state index is -4.38. The van der Waals surface area contributed by atoms with Gasteiger partial charge >= 0.3 is 6.18 Å². The quantitative estimate of drug-likeness (QED) is 0.840. The Balaban J connectivity index is 1.52. The van der Waals surface area contributed by atoms with Crippen molar-refractivity contribution >= 4 is 11.7 Å². The average molecular weight is 384 g/mol. The molecule has 0 radical (unpaired) electrons. The summed E-state index contributed by atoms with van der Waals surface area (Å²) in [7, 11) is 0. The van der Waals surface area contributed by atoms with Crippen molar-refractivity contribution in [1.82, 2.24) is 10.3 Å². The summed E-state index contributed by atoms with van der Waals surface area (Å²) < 4.78 is 37.9. The van der Waals surface area contributed by atoms with E-state index in [1.165, 1.54) is 6.07 Å². The molecule has 27 heavy (non-hydrogen) atoms. The molecule has 1 aromatic rings. The third-order valence-corrected chi connectivity index (χ3v) is 5.81. The maximum absolute atomic E-state index is 12.6. The van der Waals surface area contributed by atoms with Crippen molar-refractivity contribution in [2.24, 2.45) is 11.7 Å². The summed E-state index contributed by atoms with van der Waals surface area (Å²) in [6.07, 6.45) is 1.76. The third-order valence-electron chi connectivity index (χ3n) is 5.81. The molecule has 0 bridgehead atoms. The van der Waals surface area contributed by atoms with E-state index in [-0.39, 0.29) is 17.9 Å². The van der Waals surface area contributed by atoms with Crippen LogP contribution in [0.4, 0.5) is 19.0 Å². The fourth-order valence-corrected chi connectivity index (χ4v) is 4.08. The second-order valence-electron chi connectivity index (χ2n) is 7.98. The molecule has 1 aromatic heterocycles. The predicted octanol–water partition coefficient (Wildman–Crippen LogP) is 3.09. The number of nitrogens with two attached hydrogens (primary N) is 1. The van der Waals surface area contributed by atoms with Crippen LogP contribution < -0.4 is 16.0 Å². The Labute approximate surface area is 157 Å². The van der Waals surface area contributed by atoms with Crippen molar-refractivity contribution in [2.75, 3.05) is 18.0 Å². The Bertz CT molecular complexity index is 652. The first kappa shape index (κ1) is 19.9. The number of rotatable bonds is 3. The number of amides is 1. The second-order valence-corrected chi connectivity index (χ2v) is 7.98. The summed E-state index contributed by atoms with van der Waals surface area (Å²) in [6.45, 7) is 3.25. The van der Waals surface area contributed by atoms with Crippen LogP contribution in [-0.2, 0) is 11.0 Å². The highest BCUT2D eigenvalue weighted by atomic mass is 19.4. The number of piperidine rings is 1. The molecule has 1 saturated carbocycles. The topological polar surface area (TPSA) is 71.2 Å². The number of hydrogen-bond donors (Lipinski definition) is 2. The summed E-state index contributed by atoms with van der Waals surface area (Å²) in [4.78, 5) is 18.5. The Kier molecular flexibility index (Phi) is 5.65. The number of nitrogens with zero attached hydrogens (tertiary/aromatic N) is 2. The van der Waals surface area contributed by atoms with Gasteiger partial charge in [0.1, 0.15) is 5.82 Å². The van der Waals surface area contributed by atoms with Crippen LogP contribution in [0.3, 0.4) is 0 Å². The van der Waals surface area contributed by atoms with Crippen molar-refractivity contribution in [3.8, 4) is 0 Å². The number of carbonyl (C=O) groups is 1. The third kappa shape index (κ3) is 4.72. The predicted molar refractivity (Wildman–Crippen MR) is 97.2 cm³/mol. The van der Waals surface area contributed by atoms with Gasteiger partial charge in [0.25, 0.3) is 0 Å². The first-order valence-electron chi connectivity index (χ1n) is 9.54. The van der Waals surface area contributed by atoms with Crippen molar-refractivity contribution in [2.45, 2.75) is 63.2 Å². The van der Waals surface area contributed by atoms with E-state index in [4.69, 9.17) is 5.73 Å². The van der Waals surface area contributed by atoms with Gasteiger partial charge in [-0.1, -0.05) is 12.8 Å². The smallest absolute Gasteiger partial charge is 0.356 e. The largest absolute Gasteiger partial charge is 0.417 e. The molecule has 2 heterocycles. The van der Waals surface area contributed by atoms with Gasteiger partial charge in [-0.3, -0.25) is 4.79 Å². The molecule has 2 atom stereocenters. The zero-order valence-electron chi connectivity index (χ0n) is 15.6. The van der Waals surface area contributed by atoms with E-state index < -0.39 is 17.3 Å². The summed E-state index contributed by atoms with van der Waals surface area (Å²) in [6, 6.07) is 2.53. The first-order chi connectivity index (χ1) is 12.7. The van der Waals surface area contributed by atoms with Crippen LogP contribution in [0, 0.1) is 5.92 Å². The van der Waals surface area contributed by atoms with Gasteiger partial charge in [-0.15, -0.1) is 0 Å². The molecule has 0 aromatic carbocycles. The molecule has 2 aliphatic rings. The van der Waals surface area contributed by atoms with Crippen LogP contribution in [0.25, 0.3) is 0 Å². The average Bonchev–Trinajstić information content (AvgIpc) is 2.61. The van der Waals surface area contributed by atoms with Crippen LogP contribution >= 0.6 is 0 Å². The molecule has 1 saturated heterocycles. The number of halogens is 3. The highest BCUT2D eigenvalue weighted by Gasteiger charge is 2.38. The maximum atomic E-state index is 12.6. The highest BCUT2D eigenvalue weighted by Crippen LogP contribution is 2.32. The number of nitrogens with one attached hydrogen (secondary N) is 1. The first-order valence-corrected chi connectivity index (χ1v) is 9.54. The van der Waals surface area contributed by atoms with Crippen LogP contribution in [0.5, 0.6) is 0 Å². The number of alkyl halides is 3. The maximum Gasteiger partial charge on any atom is 0.417 e. The van der Waals surface area contributed by atoms with Crippen LogP contribution in [0.1, 0.15) is 51.0 Å². The van der Waals surface area contributed by atoms with Gasteiger partial charge in [-0.2, -0.15) is 13.2 Å². The second kappa shape index (κ2) is 7.66. The number of anilines is 1. The summed E-state index contributed by atoms with van der Waals surface area (Å²) in [5.41, 5.74) is 5.12. The van der Waals surface area contributed by atoms with Gasteiger partial charge in [0.2, 0.25) is 5.91 Å². The molecule has 1 amide bonds. The molecule has 2 fully saturated rings. The summed E-state index contributed by atoms with van der Waals surface area (Å²) >= 11 is 0. The standard InChI is InChI=1S/C19H27F3N4O/c1-18(23)9-3-2-4-15(18)17(27)25-14-7-10-26(11-8-14)16-6-5-13(12-24-16)19(20,21)22/h5-6,12,14-15H,2-4,7-11,23H2,1H3,(H,25,27). The summed E-state index contributed by atoms with van der Waals surface area (Å²) in [5.74, 6) is 0.418. The van der Waals surface area contributed by atoms with E-state index in [9.17, 15) is 18.0 Å². The molecule has 150 valence electrons. The SMILES string of the molecule is CC1(N)CCCCC1C(=O)NC1CCN(c2ccc(C(F)(F)F)cn2)CC1. The van der Waals surface area contributed by atoms with E-state index >= 15 is 0 Å². The lowest BCUT2D eigenvalue weighted by atomic mass is 9.74. The van der Waals surface area contributed by atoms with Crippen molar-refractivity contribution in [3.63, 3.8) is 0 Å². The summed E-state index contributed by atoms with van der Waals surface area (Å²) in [5, 5.41) is 3.13. The zero-order chi connectivity index (χ0) is 19.7. The molecular formula is C19H27F3N4O. The fraction of sp³-hybridized carbons (Fsp3) is 0.684. The molecule has 8 heteroatoms. The lowest BCUT2D eigenvalue weighted by Gasteiger charge is -2.39. The number of carbonyl (C=O) groups excluding carboxylic acids is 1. The number of pyridine rings is 1. The number of hydrogen-bond acceptors (Lipinski definition) is 4. The lowest BCUT2D eigenvalue weighted by molar-refractivity contribution is -0.137. The van der Waals surface area contributed by atoms with Crippen LogP contribution in [0.15, 0.2) is 18.3 Å². The molecular weight excluding hydrogens is 357 g/mol. The minimum Gasteiger partial charge on any atom is -0.356 e. The van der Waals surface area contributed by atoms with Gasteiger partial charge in [0.05, 0.1) is 11.5 Å². The molecule has 3 N–H and O–H groups in total. The fourth-order valence-electron chi connectivity index (χ4n) is 4.08. The van der Waals surface area contributed by atoms with Crippen molar-refractivity contribution < 1.29 is 18.0 Å². The Hall–Kier alpha value is -1.83. The van der Waals surface area contributed by atoms with Crippen molar-refractivity contribution in [1.29, 1.82) is 0 Å². The Morgan fingerprint density at radius 3 is 2.52 bits per heavy atom. The Morgan fingerprint density at radius 2 is 1.96 bits per heavy atom. The molecule has 1 aliphatic heterocycles. The molecule has 1 aliphatic carbocycles. The van der Waals surface area contributed by atoms with E-state index in [0.717, 1.165) is 50.8 Å². The molecule has 5 nitrogen and oxygen atoms in total. The van der Waals surface area contributed by atoms with Gasteiger partial charge in [-0.25, -0.2) is 4.98 Å². The van der Waals surface area contributed by atoms with Gasteiger partial charge in [0, 0.05) is 30.9 Å². The zero-order valence-corrected chi connectivity index (χ0v) is 15.6. The van der Waals surface area contributed by atoms with E-state index in [1.54, 1.807) is 0 Å². The minimum absolute atomic E-state index is 0.0332. The number of aromatic nitrogens is 1. The van der Waals surface area contributed by atoms with Crippen molar-refractivity contribution in [3.05, 3.63) is 23.9 Å². The van der Waals surface area contributed by atoms with Crippen LogP contribution in [-0.4, -0.2) is 35.6 Å². The normalized spacial score (nSPS) is 27.4. The molecule has 2 unspecified atom stereocenters. The van der Waals surface area contributed by atoms with E-state index in [1.807, 2.05) is 11.8 Å². The highest BCUT2D eigenvalue weighted by molar-refractivity contribution is 5.80. The monoisotopic (exact) mass is 384 g/mol. The van der Waals surface area contributed by atoms with Crippen LogP contribution in [0.2, 0.25) is 0 Å². The lowest BCUT2D eigenvalue weighted by Crippen LogP contribution is -2.55. The van der Waals surface area contributed by atoms with Gasteiger partial charge < -0.3 is 16.0 Å². The molecule has 3 rings (SSSR count). The Morgan fingerprint density at radius 1 is 1.26 bits per heavy atom. The van der Waals surface area contributed by atoms with E-state index in [0.29, 0.717) is 18.9 Å². The van der Waals surface area contributed by atoms with Gasteiger partial charge in [0.15, 0.2) is 0 Å². The molecule has 0 spiro atoms. The van der Waals surface area contributed by atoms with Gasteiger partial charge in [-0.05, 0) is 44.7 Å².